The van der Waals surface area contributed by atoms with E-state index in [-0.39, 0.29) is 24.0 Å². The fourth-order valence-electron chi connectivity index (χ4n) is 3.65. The molecule has 0 saturated heterocycles. The summed E-state index contributed by atoms with van der Waals surface area (Å²) in [7, 11) is 0. The summed E-state index contributed by atoms with van der Waals surface area (Å²) in [6.07, 6.45) is 1.49. The number of nitrogens with two attached hydrogens (primary N) is 1. The molecule has 1 amide bonds. The van der Waals surface area contributed by atoms with Gasteiger partial charge in [0.05, 0.1) is 11.9 Å². The minimum absolute atomic E-state index is 0.0816. The van der Waals surface area contributed by atoms with Gasteiger partial charge in [0.15, 0.2) is 0 Å². The van der Waals surface area contributed by atoms with E-state index < -0.39 is 11.5 Å². The van der Waals surface area contributed by atoms with Gasteiger partial charge >= 0.3 is 5.97 Å². The van der Waals surface area contributed by atoms with Crippen molar-refractivity contribution in [2.75, 3.05) is 10.6 Å². The number of carbonyl (C=O) groups is 2. The van der Waals surface area contributed by atoms with Crippen molar-refractivity contribution in [2.24, 2.45) is 0 Å². The van der Waals surface area contributed by atoms with Crippen LogP contribution in [0.15, 0.2) is 48.7 Å². The molecule has 2 aromatic carbocycles. The summed E-state index contributed by atoms with van der Waals surface area (Å²) in [5.74, 6) is -1.31. The van der Waals surface area contributed by atoms with Gasteiger partial charge in [0.1, 0.15) is 11.2 Å². The van der Waals surface area contributed by atoms with Crippen LogP contribution in [-0.2, 0) is 16.8 Å². The Balaban J connectivity index is 1.89. The van der Waals surface area contributed by atoms with Gasteiger partial charge in [-0.1, -0.05) is 35.3 Å². The lowest BCUT2D eigenvalue weighted by molar-refractivity contribution is -0.123. The van der Waals surface area contributed by atoms with Crippen molar-refractivity contribution in [3.05, 3.63) is 70.0 Å². The van der Waals surface area contributed by atoms with Crippen LogP contribution in [0.1, 0.15) is 23.0 Å². The van der Waals surface area contributed by atoms with Gasteiger partial charge in [-0.25, -0.2) is 14.7 Å². The molecule has 0 spiro atoms. The van der Waals surface area contributed by atoms with Gasteiger partial charge in [0.25, 0.3) is 5.91 Å². The molecule has 7 nitrogen and oxygen atoms in total. The largest absolute Gasteiger partial charge is 0.477 e. The Bertz CT molecular complexity index is 1120. The normalized spacial score (nSPS) is 18.2. The van der Waals surface area contributed by atoms with E-state index in [9.17, 15) is 14.7 Å². The van der Waals surface area contributed by atoms with E-state index in [0.717, 1.165) is 5.56 Å². The number of rotatable bonds is 4. The standard InChI is InChI=1S/C20H16Cl2N4O3/c1-20(9-11-2-4-14(23)5-3-11)18(29)25(15-7-12(21)6-13(22)8-15)19-24-10-16(17(27)28)26(19)20/h2-8,10H,9,23H2,1H3,(H,27,28)/t20-/m1/s1. The number of anilines is 3. The predicted octanol–water partition coefficient (Wildman–Crippen LogP) is 4.11. The fraction of sp³-hybridized carbons (Fsp3) is 0.150. The molecule has 29 heavy (non-hydrogen) atoms. The first-order valence-corrected chi connectivity index (χ1v) is 9.43. The van der Waals surface area contributed by atoms with Crippen LogP contribution in [0, 0.1) is 0 Å². The number of carboxylic acids is 1. The Hall–Kier alpha value is -3.03. The number of carbonyl (C=O) groups excluding carboxylic acids is 1. The van der Waals surface area contributed by atoms with Crippen LogP contribution in [0.2, 0.25) is 10.0 Å². The lowest BCUT2D eigenvalue weighted by Gasteiger charge is -2.26. The van der Waals surface area contributed by atoms with Gasteiger partial charge in [-0.05, 0) is 42.8 Å². The second-order valence-electron chi connectivity index (χ2n) is 7.04. The molecule has 3 aromatic rings. The SMILES string of the molecule is C[C@@]1(Cc2ccc(N)cc2)C(=O)N(c2cc(Cl)cc(Cl)c2)c2ncc(C(=O)O)n21. The van der Waals surface area contributed by atoms with E-state index in [1.54, 1.807) is 37.3 Å². The van der Waals surface area contributed by atoms with Gasteiger partial charge < -0.3 is 10.8 Å². The zero-order chi connectivity index (χ0) is 20.9. The molecule has 1 atom stereocenters. The monoisotopic (exact) mass is 430 g/mol. The maximum Gasteiger partial charge on any atom is 0.354 e. The summed E-state index contributed by atoms with van der Waals surface area (Å²) in [6, 6.07) is 11.8. The first-order valence-electron chi connectivity index (χ1n) is 8.67. The Labute approximate surface area is 176 Å². The van der Waals surface area contributed by atoms with Crippen LogP contribution in [0.3, 0.4) is 0 Å². The van der Waals surface area contributed by atoms with Gasteiger partial charge in [-0.3, -0.25) is 9.36 Å². The topological polar surface area (TPSA) is 101 Å². The van der Waals surface area contributed by atoms with Crippen molar-refractivity contribution in [1.29, 1.82) is 0 Å². The van der Waals surface area contributed by atoms with Gasteiger partial charge in [-0.2, -0.15) is 0 Å². The smallest absolute Gasteiger partial charge is 0.354 e. The zero-order valence-corrected chi connectivity index (χ0v) is 16.8. The number of benzene rings is 2. The van der Waals surface area contributed by atoms with Crippen molar-refractivity contribution in [3.63, 3.8) is 0 Å². The molecule has 0 bridgehead atoms. The number of hydrogen-bond acceptors (Lipinski definition) is 4. The van der Waals surface area contributed by atoms with Gasteiger partial charge in [-0.15, -0.1) is 0 Å². The summed E-state index contributed by atoms with van der Waals surface area (Å²) in [5.41, 5.74) is 6.30. The number of fused-ring (bicyclic) bond motifs is 1. The van der Waals surface area contributed by atoms with E-state index in [1.807, 2.05) is 12.1 Å². The minimum Gasteiger partial charge on any atom is -0.477 e. The Kier molecular flexibility index (Phi) is 4.52. The summed E-state index contributed by atoms with van der Waals surface area (Å²) in [6.45, 7) is 1.69. The summed E-state index contributed by atoms with van der Waals surface area (Å²) in [5, 5.41) is 10.4. The van der Waals surface area contributed by atoms with Gasteiger partial charge in [0.2, 0.25) is 5.95 Å². The summed E-state index contributed by atoms with van der Waals surface area (Å²) >= 11 is 12.2. The molecular formula is C20H16Cl2N4O3. The van der Waals surface area contributed by atoms with Crippen molar-refractivity contribution >= 4 is 52.4 Å². The molecule has 1 aliphatic rings. The summed E-state index contributed by atoms with van der Waals surface area (Å²) < 4.78 is 1.45. The first-order chi connectivity index (χ1) is 13.7. The van der Waals surface area contributed by atoms with Crippen molar-refractivity contribution in [3.8, 4) is 0 Å². The number of carboxylic acid groups (broad SMARTS) is 1. The number of nitrogens with zero attached hydrogens (tertiary/aromatic N) is 3. The lowest BCUT2D eigenvalue weighted by Crippen LogP contribution is -2.42. The fourth-order valence-corrected chi connectivity index (χ4v) is 4.17. The predicted molar refractivity (Wildman–Crippen MR) is 111 cm³/mol. The van der Waals surface area contributed by atoms with Crippen LogP contribution in [-0.4, -0.2) is 26.5 Å². The number of aromatic carboxylic acids is 1. The summed E-state index contributed by atoms with van der Waals surface area (Å²) in [4.78, 5) is 31.0. The molecule has 2 heterocycles. The molecule has 0 aliphatic carbocycles. The molecule has 1 aromatic heterocycles. The molecule has 1 aliphatic heterocycles. The van der Waals surface area contributed by atoms with Crippen molar-refractivity contribution in [1.82, 2.24) is 9.55 Å². The number of imidazole rings is 1. The number of aromatic nitrogens is 2. The Morgan fingerprint density at radius 3 is 2.38 bits per heavy atom. The third kappa shape index (κ3) is 3.12. The molecule has 0 saturated carbocycles. The van der Waals surface area contributed by atoms with Crippen LogP contribution in [0.5, 0.6) is 0 Å². The molecule has 4 rings (SSSR count). The molecule has 0 fully saturated rings. The van der Waals surface area contributed by atoms with E-state index in [0.29, 0.717) is 21.4 Å². The molecule has 148 valence electrons. The van der Waals surface area contributed by atoms with Gasteiger partial charge in [0, 0.05) is 22.2 Å². The molecule has 9 heteroatoms. The van der Waals surface area contributed by atoms with E-state index in [4.69, 9.17) is 28.9 Å². The number of amides is 1. The third-order valence-electron chi connectivity index (χ3n) is 4.95. The highest BCUT2D eigenvalue weighted by atomic mass is 35.5. The van der Waals surface area contributed by atoms with Crippen LogP contribution in [0.4, 0.5) is 17.3 Å². The minimum atomic E-state index is -1.22. The van der Waals surface area contributed by atoms with Crippen LogP contribution >= 0.6 is 23.2 Å². The quantitative estimate of drug-likeness (QED) is 0.606. The highest BCUT2D eigenvalue weighted by Crippen LogP contribution is 2.43. The molecule has 0 unspecified atom stereocenters. The first kappa shape index (κ1) is 19.3. The molecule has 3 N–H and O–H groups in total. The average molecular weight is 431 g/mol. The van der Waals surface area contributed by atoms with Crippen molar-refractivity contribution < 1.29 is 14.7 Å². The maximum absolute atomic E-state index is 13.6. The third-order valence-corrected chi connectivity index (χ3v) is 5.39. The van der Waals surface area contributed by atoms with E-state index in [2.05, 4.69) is 4.98 Å². The Morgan fingerprint density at radius 1 is 1.17 bits per heavy atom. The average Bonchev–Trinajstić information content (AvgIpc) is 3.16. The van der Waals surface area contributed by atoms with E-state index >= 15 is 0 Å². The zero-order valence-electron chi connectivity index (χ0n) is 15.3. The lowest BCUT2D eigenvalue weighted by atomic mass is 9.91. The molecular weight excluding hydrogens is 415 g/mol. The van der Waals surface area contributed by atoms with Crippen LogP contribution in [0.25, 0.3) is 0 Å². The molecule has 0 radical (unpaired) electrons. The highest BCUT2D eigenvalue weighted by Gasteiger charge is 2.51. The van der Waals surface area contributed by atoms with E-state index in [1.165, 1.54) is 15.7 Å². The Morgan fingerprint density at radius 2 is 1.79 bits per heavy atom. The second kappa shape index (κ2) is 6.79. The second-order valence-corrected chi connectivity index (χ2v) is 7.92. The number of nitrogen functional groups attached to an aromatic ring is 1. The van der Waals surface area contributed by atoms with Crippen molar-refractivity contribution in [2.45, 2.75) is 18.9 Å². The number of halogens is 2. The maximum atomic E-state index is 13.6. The van der Waals surface area contributed by atoms with Crippen LogP contribution < -0.4 is 10.6 Å². The number of hydrogen-bond donors (Lipinski definition) is 2. The highest BCUT2D eigenvalue weighted by molar-refractivity contribution is 6.35.